The summed E-state index contributed by atoms with van der Waals surface area (Å²) in [5.74, 6) is -0.293. The molecule has 1 fully saturated rings. The van der Waals surface area contributed by atoms with Crippen LogP contribution >= 0.6 is 11.6 Å². The van der Waals surface area contributed by atoms with Crippen molar-refractivity contribution >= 4 is 23.4 Å². The Hall–Kier alpha value is -2.33. The van der Waals surface area contributed by atoms with Gasteiger partial charge in [0, 0.05) is 17.1 Å². The number of nitrogens with one attached hydrogen (secondary N) is 2. The van der Waals surface area contributed by atoms with Gasteiger partial charge >= 0.3 is 0 Å². The van der Waals surface area contributed by atoms with Crippen molar-refractivity contribution < 1.29 is 9.59 Å². The lowest BCUT2D eigenvalue weighted by atomic mass is 9.78. The molecule has 3 rings (SSSR count). The molecular formula is C29H39ClN2O2. The quantitative estimate of drug-likeness (QED) is 0.499. The van der Waals surface area contributed by atoms with E-state index in [2.05, 4.69) is 58.2 Å². The minimum absolute atomic E-state index is 0.0885. The number of hydrogen-bond acceptors (Lipinski definition) is 2. The van der Waals surface area contributed by atoms with Crippen molar-refractivity contribution in [2.75, 3.05) is 0 Å². The maximum atomic E-state index is 13.6. The Bertz CT molecular complexity index is 991. The lowest BCUT2D eigenvalue weighted by molar-refractivity contribution is -0.128. The standard InChI is InChI=1S/C29H39ClN2O2/c1-27(2,3)22-16-21(17-23(18-22)28(4,5)6)25(33)32-29(14-8-7-9-15-29)26(34)31-19-20-10-12-24(30)13-11-20/h10-13,16-18H,7-9,14-15,19H2,1-6H3,(H,31,34)(H,32,33). The second-order valence-corrected chi connectivity index (χ2v) is 12.1. The Morgan fingerprint density at radius 3 is 1.88 bits per heavy atom. The Balaban J connectivity index is 1.86. The van der Waals surface area contributed by atoms with E-state index in [0.717, 1.165) is 36.0 Å². The highest BCUT2D eigenvalue weighted by Gasteiger charge is 2.41. The van der Waals surface area contributed by atoms with Crippen molar-refractivity contribution in [2.45, 2.75) is 96.6 Å². The minimum Gasteiger partial charge on any atom is -0.350 e. The molecule has 0 unspecified atom stereocenters. The smallest absolute Gasteiger partial charge is 0.252 e. The van der Waals surface area contributed by atoms with Gasteiger partial charge in [-0.05, 0) is 64.6 Å². The molecule has 0 radical (unpaired) electrons. The van der Waals surface area contributed by atoms with Crippen molar-refractivity contribution in [3.63, 3.8) is 0 Å². The summed E-state index contributed by atoms with van der Waals surface area (Å²) < 4.78 is 0. The molecule has 2 aromatic carbocycles. The van der Waals surface area contributed by atoms with Crippen LogP contribution in [0.15, 0.2) is 42.5 Å². The van der Waals surface area contributed by atoms with Crippen LogP contribution in [-0.4, -0.2) is 17.4 Å². The molecule has 184 valence electrons. The average Bonchev–Trinajstić information content (AvgIpc) is 2.77. The minimum atomic E-state index is -0.888. The molecule has 4 nitrogen and oxygen atoms in total. The molecule has 0 aromatic heterocycles. The van der Waals surface area contributed by atoms with E-state index in [0.29, 0.717) is 30.0 Å². The molecule has 1 saturated carbocycles. The van der Waals surface area contributed by atoms with Gasteiger partial charge in [0.1, 0.15) is 5.54 Å². The largest absolute Gasteiger partial charge is 0.350 e. The van der Waals surface area contributed by atoms with Crippen LogP contribution in [0.3, 0.4) is 0 Å². The van der Waals surface area contributed by atoms with E-state index in [1.807, 2.05) is 36.4 Å². The van der Waals surface area contributed by atoms with Crippen LogP contribution in [0.4, 0.5) is 0 Å². The van der Waals surface area contributed by atoms with E-state index in [-0.39, 0.29) is 22.6 Å². The van der Waals surface area contributed by atoms with E-state index < -0.39 is 5.54 Å². The molecule has 0 bridgehead atoms. The van der Waals surface area contributed by atoms with E-state index in [4.69, 9.17) is 11.6 Å². The Morgan fingerprint density at radius 1 is 0.853 bits per heavy atom. The van der Waals surface area contributed by atoms with Crippen molar-refractivity contribution in [1.82, 2.24) is 10.6 Å². The summed E-state index contributed by atoms with van der Waals surface area (Å²) in [5.41, 5.74) is 2.77. The molecule has 0 heterocycles. The zero-order valence-electron chi connectivity index (χ0n) is 21.5. The van der Waals surface area contributed by atoms with Gasteiger partial charge in [0.2, 0.25) is 5.91 Å². The fourth-order valence-electron chi connectivity index (χ4n) is 4.43. The van der Waals surface area contributed by atoms with Gasteiger partial charge in [0.15, 0.2) is 0 Å². The highest BCUT2D eigenvalue weighted by atomic mass is 35.5. The van der Waals surface area contributed by atoms with Gasteiger partial charge in [-0.25, -0.2) is 0 Å². The molecule has 0 spiro atoms. The molecule has 2 amide bonds. The van der Waals surface area contributed by atoms with Crippen LogP contribution in [0.2, 0.25) is 5.02 Å². The molecule has 1 aliphatic rings. The predicted molar refractivity (Wildman–Crippen MR) is 140 cm³/mol. The van der Waals surface area contributed by atoms with Crippen LogP contribution in [0.1, 0.15) is 101 Å². The fourth-order valence-corrected chi connectivity index (χ4v) is 4.56. The molecule has 2 N–H and O–H groups in total. The maximum absolute atomic E-state index is 13.6. The third-order valence-corrected chi connectivity index (χ3v) is 7.04. The first-order valence-electron chi connectivity index (χ1n) is 12.3. The first-order valence-corrected chi connectivity index (χ1v) is 12.7. The maximum Gasteiger partial charge on any atom is 0.252 e. The van der Waals surface area contributed by atoms with E-state index in [1.165, 1.54) is 0 Å². The number of rotatable bonds is 5. The number of amides is 2. The second-order valence-electron chi connectivity index (χ2n) is 11.7. The zero-order chi connectivity index (χ0) is 25.1. The van der Waals surface area contributed by atoms with E-state index in [9.17, 15) is 9.59 Å². The first kappa shape index (κ1) is 26.3. The third-order valence-electron chi connectivity index (χ3n) is 6.79. The van der Waals surface area contributed by atoms with Gasteiger partial charge in [0.05, 0.1) is 0 Å². The lowest BCUT2D eigenvalue weighted by Gasteiger charge is -2.37. The summed E-state index contributed by atoms with van der Waals surface area (Å²) >= 11 is 5.98. The molecule has 2 aromatic rings. The highest BCUT2D eigenvalue weighted by Crippen LogP contribution is 2.32. The Morgan fingerprint density at radius 2 is 1.38 bits per heavy atom. The van der Waals surface area contributed by atoms with Crippen LogP contribution in [0.5, 0.6) is 0 Å². The highest BCUT2D eigenvalue weighted by molar-refractivity contribution is 6.30. The van der Waals surface area contributed by atoms with Crippen LogP contribution < -0.4 is 10.6 Å². The van der Waals surface area contributed by atoms with Crippen LogP contribution in [-0.2, 0) is 22.2 Å². The predicted octanol–water partition coefficient (Wildman–Crippen LogP) is 6.68. The number of carbonyl (C=O) groups excluding carboxylic acids is 2. The topological polar surface area (TPSA) is 58.2 Å². The van der Waals surface area contributed by atoms with Crippen molar-refractivity contribution in [3.8, 4) is 0 Å². The average molecular weight is 483 g/mol. The number of halogens is 1. The molecule has 0 atom stereocenters. The van der Waals surface area contributed by atoms with Crippen LogP contribution in [0, 0.1) is 0 Å². The molecule has 0 saturated heterocycles. The van der Waals surface area contributed by atoms with Gasteiger partial charge in [-0.1, -0.05) is 90.6 Å². The third kappa shape index (κ3) is 6.41. The number of benzene rings is 2. The second kappa shape index (κ2) is 10.1. The van der Waals surface area contributed by atoms with Gasteiger partial charge in [-0.3, -0.25) is 9.59 Å². The molecule has 0 aliphatic heterocycles. The molecular weight excluding hydrogens is 444 g/mol. The summed E-state index contributed by atoms with van der Waals surface area (Å²) in [7, 11) is 0. The van der Waals surface area contributed by atoms with Gasteiger partial charge in [-0.2, -0.15) is 0 Å². The van der Waals surface area contributed by atoms with Crippen LogP contribution in [0.25, 0.3) is 0 Å². The Labute approximate surface area is 209 Å². The molecule has 1 aliphatic carbocycles. The van der Waals surface area contributed by atoms with Gasteiger partial charge in [-0.15, -0.1) is 0 Å². The zero-order valence-corrected chi connectivity index (χ0v) is 22.2. The SMILES string of the molecule is CC(C)(C)c1cc(C(=O)NC2(C(=O)NCc3ccc(Cl)cc3)CCCCC2)cc(C(C)(C)C)c1. The van der Waals surface area contributed by atoms with Gasteiger partial charge in [0.25, 0.3) is 5.91 Å². The summed E-state index contributed by atoms with van der Waals surface area (Å²) in [6.45, 7) is 13.3. The van der Waals surface area contributed by atoms with Crippen molar-refractivity contribution in [3.05, 3.63) is 69.7 Å². The summed E-state index contributed by atoms with van der Waals surface area (Å²) in [5, 5.41) is 6.90. The van der Waals surface area contributed by atoms with Crippen molar-refractivity contribution in [2.24, 2.45) is 0 Å². The van der Waals surface area contributed by atoms with E-state index >= 15 is 0 Å². The number of hydrogen-bond donors (Lipinski definition) is 2. The van der Waals surface area contributed by atoms with Crippen molar-refractivity contribution in [1.29, 1.82) is 0 Å². The lowest BCUT2D eigenvalue weighted by Crippen LogP contribution is -2.59. The summed E-state index contributed by atoms with van der Waals surface area (Å²) in [4.78, 5) is 27.0. The number of carbonyl (C=O) groups is 2. The summed E-state index contributed by atoms with van der Waals surface area (Å²) in [6, 6.07) is 13.6. The molecule has 5 heteroatoms. The first-order chi connectivity index (χ1) is 15.8. The monoisotopic (exact) mass is 482 g/mol. The van der Waals surface area contributed by atoms with E-state index in [1.54, 1.807) is 0 Å². The molecule has 34 heavy (non-hydrogen) atoms. The summed E-state index contributed by atoms with van der Waals surface area (Å²) in [6.07, 6.45) is 4.22. The normalized spacial score (nSPS) is 16.1. The Kier molecular flexibility index (Phi) is 7.82. The van der Waals surface area contributed by atoms with Gasteiger partial charge < -0.3 is 10.6 Å². The fraction of sp³-hybridized carbons (Fsp3) is 0.517.